The maximum atomic E-state index is 5.33. The monoisotopic (exact) mass is 306 g/mol. The van der Waals surface area contributed by atoms with E-state index in [1.165, 1.54) is 31.5 Å². The molecule has 1 aromatic rings. The molecule has 0 aliphatic carbocycles. The molecule has 22 heavy (non-hydrogen) atoms. The van der Waals surface area contributed by atoms with Crippen LogP contribution in [-0.4, -0.2) is 44.8 Å². The third-order valence-corrected chi connectivity index (χ3v) is 4.47. The van der Waals surface area contributed by atoms with E-state index in [1.54, 1.807) is 14.2 Å². The van der Waals surface area contributed by atoms with E-state index in [0.717, 1.165) is 24.6 Å². The molecule has 4 heteroatoms. The minimum absolute atomic E-state index is 0.620. The number of nitrogens with one attached hydrogen (secondary N) is 1. The zero-order valence-electron chi connectivity index (χ0n) is 14.4. The molecule has 1 heterocycles. The Morgan fingerprint density at radius 2 is 1.64 bits per heavy atom. The van der Waals surface area contributed by atoms with Crippen LogP contribution in [0.1, 0.15) is 32.3 Å². The first-order valence-electron chi connectivity index (χ1n) is 8.30. The highest BCUT2D eigenvalue weighted by atomic mass is 16.5. The SMILES string of the molecule is COc1cc(CNCC(C(C)C)N2CCCC2)cc(OC)c1. The maximum Gasteiger partial charge on any atom is 0.122 e. The first-order valence-corrected chi connectivity index (χ1v) is 8.30. The number of nitrogens with zero attached hydrogens (tertiary/aromatic N) is 1. The zero-order chi connectivity index (χ0) is 15.9. The standard InChI is InChI=1S/C18H30N2O2/c1-14(2)18(20-7-5-6-8-20)13-19-12-15-9-16(21-3)11-17(10-15)22-4/h9-11,14,18-19H,5-8,12-13H2,1-4H3. The molecule has 1 unspecified atom stereocenters. The van der Waals surface area contributed by atoms with Crippen molar-refractivity contribution >= 4 is 0 Å². The van der Waals surface area contributed by atoms with Gasteiger partial charge >= 0.3 is 0 Å². The van der Waals surface area contributed by atoms with Crippen LogP contribution in [-0.2, 0) is 6.54 Å². The van der Waals surface area contributed by atoms with E-state index in [4.69, 9.17) is 9.47 Å². The summed E-state index contributed by atoms with van der Waals surface area (Å²) in [4.78, 5) is 2.63. The van der Waals surface area contributed by atoms with Gasteiger partial charge in [-0.3, -0.25) is 4.90 Å². The van der Waals surface area contributed by atoms with Crippen LogP contribution in [0.15, 0.2) is 18.2 Å². The number of ether oxygens (including phenoxy) is 2. The van der Waals surface area contributed by atoms with Crippen molar-refractivity contribution in [3.8, 4) is 11.5 Å². The Balaban J connectivity index is 1.91. The molecule has 1 N–H and O–H groups in total. The fraction of sp³-hybridized carbons (Fsp3) is 0.667. The van der Waals surface area contributed by atoms with E-state index >= 15 is 0 Å². The average Bonchev–Trinajstić information content (AvgIpc) is 3.04. The summed E-state index contributed by atoms with van der Waals surface area (Å²) >= 11 is 0. The van der Waals surface area contributed by atoms with Crippen molar-refractivity contribution in [2.45, 2.75) is 39.3 Å². The summed E-state index contributed by atoms with van der Waals surface area (Å²) in [5.41, 5.74) is 1.19. The second kappa shape index (κ2) is 8.39. The van der Waals surface area contributed by atoms with Crippen LogP contribution in [0, 0.1) is 5.92 Å². The number of methoxy groups -OCH3 is 2. The van der Waals surface area contributed by atoms with Gasteiger partial charge in [-0.25, -0.2) is 0 Å². The lowest BCUT2D eigenvalue weighted by atomic mass is 10.0. The summed E-state index contributed by atoms with van der Waals surface area (Å²) < 4.78 is 10.7. The van der Waals surface area contributed by atoms with Gasteiger partial charge in [-0.1, -0.05) is 13.8 Å². The Morgan fingerprint density at radius 1 is 1.05 bits per heavy atom. The average molecular weight is 306 g/mol. The van der Waals surface area contributed by atoms with Crippen molar-refractivity contribution in [1.29, 1.82) is 0 Å². The number of hydrogen-bond donors (Lipinski definition) is 1. The van der Waals surface area contributed by atoms with Crippen LogP contribution in [0.2, 0.25) is 0 Å². The smallest absolute Gasteiger partial charge is 0.122 e. The predicted molar refractivity (Wildman–Crippen MR) is 90.7 cm³/mol. The van der Waals surface area contributed by atoms with E-state index in [0.29, 0.717) is 12.0 Å². The Hall–Kier alpha value is -1.26. The minimum Gasteiger partial charge on any atom is -0.497 e. The van der Waals surface area contributed by atoms with Crippen molar-refractivity contribution in [3.05, 3.63) is 23.8 Å². The molecule has 0 aromatic heterocycles. The fourth-order valence-electron chi connectivity index (χ4n) is 3.19. The van der Waals surface area contributed by atoms with E-state index in [9.17, 15) is 0 Å². The molecule has 0 radical (unpaired) electrons. The molecular formula is C18H30N2O2. The van der Waals surface area contributed by atoms with Gasteiger partial charge in [0, 0.05) is 25.2 Å². The molecule has 4 nitrogen and oxygen atoms in total. The molecule has 0 bridgehead atoms. The van der Waals surface area contributed by atoms with Gasteiger partial charge in [-0.05, 0) is 49.5 Å². The van der Waals surface area contributed by atoms with Crippen LogP contribution in [0.3, 0.4) is 0 Å². The second-order valence-electron chi connectivity index (χ2n) is 6.41. The highest BCUT2D eigenvalue weighted by molar-refractivity contribution is 5.38. The highest BCUT2D eigenvalue weighted by Gasteiger charge is 2.23. The van der Waals surface area contributed by atoms with Crippen molar-refractivity contribution in [1.82, 2.24) is 10.2 Å². The van der Waals surface area contributed by atoms with E-state index in [-0.39, 0.29) is 0 Å². The second-order valence-corrected chi connectivity index (χ2v) is 6.41. The van der Waals surface area contributed by atoms with Crippen LogP contribution in [0.4, 0.5) is 0 Å². The molecular weight excluding hydrogens is 276 g/mol. The normalized spacial score (nSPS) is 17.0. The summed E-state index contributed by atoms with van der Waals surface area (Å²) in [7, 11) is 3.38. The highest BCUT2D eigenvalue weighted by Crippen LogP contribution is 2.22. The minimum atomic E-state index is 0.620. The lowest BCUT2D eigenvalue weighted by Gasteiger charge is -2.31. The summed E-state index contributed by atoms with van der Waals surface area (Å²) in [6, 6.07) is 6.66. The van der Waals surface area contributed by atoms with Gasteiger partial charge in [0.2, 0.25) is 0 Å². The number of benzene rings is 1. The zero-order valence-corrected chi connectivity index (χ0v) is 14.4. The fourth-order valence-corrected chi connectivity index (χ4v) is 3.19. The van der Waals surface area contributed by atoms with Gasteiger partial charge in [-0.2, -0.15) is 0 Å². The molecule has 1 aliphatic heterocycles. The molecule has 1 saturated heterocycles. The molecule has 1 fully saturated rings. The summed E-state index contributed by atoms with van der Waals surface area (Å²) in [6.45, 7) is 9.00. The molecule has 124 valence electrons. The van der Waals surface area contributed by atoms with Gasteiger partial charge in [0.15, 0.2) is 0 Å². The molecule has 0 amide bonds. The van der Waals surface area contributed by atoms with E-state index < -0.39 is 0 Å². The Kier molecular flexibility index (Phi) is 6.52. The largest absolute Gasteiger partial charge is 0.497 e. The third kappa shape index (κ3) is 4.62. The van der Waals surface area contributed by atoms with Gasteiger partial charge in [-0.15, -0.1) is 0 Å². The van der Waals surface area contributed by atoms with Crippen LogP contribution < -0.4 is 14.8 Å². The van der Waals surface area contributed by atoms with Gasteiger partial charge in [0.25, 0.3) is 0 Å². The number of rotatable bonds is 8. The Labute approximate surface area is 134 Å². The van der Waals surface area contributed by atoms with Gasteiger partial charge in [0.1, 0.15) is 11.5 Å². The van der Waals surface area contributed by atoms with Crippen LogP contribution >= 0.6 is 0 Å². The Bertz CT molecular complexity index is 434. The maximum absolute atomic E-state index is 5.33. The molecule has 1 aliphatic rings. The predicted octanol–water partition coefficient (Wildman–Crippen LogP) is 2.91. The van der Waals surface area contributed by atoms with Gasteiger partial charge < -0.3 is 14.8 Å². The molecule has 0 saturated carbocycles. The lowest BCUT2D eigenvalue weighted by molar-refractivity contribution is 0.186. The molecule has 1 atom stereocenters. The Morgan fingerprint density at radius 3 is 2.14 bits per heavy atom. The first-order chi connectivity index (χ1) is 10.6. The molecule has 2 rings (SSSR count). The van der Waals surface area contributed by atoms with Crippen LogP contribution in [0.5, 0.6) is 11.5 Å². The van der Waals surface area contributed by atoms with Crippen LogP contribution in [0.25, 0.3) is 0 Å². The first kappa shape index (κ1) is 17.1. The van der Waals surface area contributed by atoms with Crippen molar-refractivity contribution in [3.63, 3.8) is 0 Å². The van der Waals surface area contributed by atoms with E-state index in [2.05, 4.69) is 36.2 Å². The lowest BCUT2D eigenvalue weighted by Crippen LogP contribution is -2.44. The van der Waals surface area contributed by atoms with E-state index in [1.807, 2.05) is 6.07 Å². The molecule has 0 spiro atoms. The quantitative estimate of drug-likeness (QED) is 0.801. The topological polar surface area (TPSA) is 33.7 Å². The molecule has 1 aromatic carbocycles. The third-order valence-electron chi connectivity index (χ3n) is 4.47. The van der Waals surface area contributed by atoms with Crippen molar-refractivity contribution in [2.24, 2.45) is 5.92 Å². The number of hydrogen-bond acceptors (Lipinski definition) is 4. The summed E-state index contributed by atoms with van der Waals surface area (Å²) in [5.74, 6) is 2.36. The summed E-state index contributed by atoms with van der Waals surface area (Å²) in [6.07, 6.45) is 2.69. The van der Waals surface area contributed by atoms with Gasteiger partial charge in [0.05, 0.1) is 14.2 Å². The van der Waals surface area contributed by atoms with Crippen molar-refractivity contribution < 1.29 is 9.47 Å². The summed E-state index contributed by atoms with van der Waals surface area (Å²) in [5, 5.41) is 3.61. The van der Waals surface area contributed by atoms with Crippen molar-refractivity contribution in [2.75, 3.05) is 33.9 Å². The number of likely N-dealkylation sites (tertiary alicyclic amines) is 1.